The van der Waals surface area contributed by atoms with E-state index in [0.29, 0.717) is 0 Å². The maximum Gasteiger partial charge on any atom is 0.144 e. The van der Waals surface area contributed by atoms with Gasteiger partial charge in [-0.3, -0.25) is 0 Å². The monoisotopic (exact) mass is 754 g/mol. The first-order valence-corrected chi connectivity index (χ1v) is 26.4. The SMILES string of the molecule is C[C]1[C](C)[C](C)[C](C)[C]1C.[S]=[W](=[S])=[S].c1ccc([P+](c2ccccc2)(c2ccccc2)c2ccccc2)cc1. The summed E-state index contributed by atoms with van der Waals surface area (Å²) in [5.41, 5.74) is 0. The molecule has 0 spiro atoms. The van der Waals surface area contributed by atoms with Crippen molar-refractivity contribution in [3.8, 4) is 0 Å². The molecule has 1 aliphatic rings. The Bertz CT molecular complexity index is 1160. The van der Waals surface area contributed by atoms with E-state index >= 15 is 0 Å². The van der Waals surface area contributed by atoms with Gasteiger partial charge in [0.2, 0.25) is 0 Å². The molecule has 0 nitrogen and oxygen atoms in total. The first-order chi connectivity index (χ1) is 18.7. The number of hydrogen-bond donors (Lipinski definition) is 0. The van der Waals surface area contributed by atoms with Crippen LogP contribution in [0.25, 0.3) is 0 Å². The van der Waals surface area contributed by atoms with Crippen LogP contribution in [-0.4, -0.2) is 0 Å². The molecular formula is C34H35PS3W+. The molecule has 1 fully saturated rings. The van der Waals surface area contributed by atoms with Gasteiger partial charge in [-0.05, 0) is 78.1 Å². The van der Waals surface area contributed by atoms with Crippen molar-refractivity contribution >= 4 is 57.9 Å². The fourth-order valence-corrected chi connectivity index (χ4v) is 9.17. The summed E-state index contributed by atoms with van der Waals surface area (Å²) in [7, 11) is 11.4. The minimum absolute atomic E-state index is 1.39. The molecule has 5 rings (SSSR count). The zero-order valence-corrected chi connectivity index (χ0v) is 29.4. The fourth-order valence-electron chi connectivity index (χ4n) is 4.91. The zero-order valence-electron chi connectivity index (χ0n) is 23.1. The van der Waals surface area contributed by atoms with Crippen molar-refractivity contribution in [2.45, 2.75) is 34.6 Å². The third-order valence-electron chi connectivity index (χ3n) is 7.39. The molecule has 0 saturated heterocycles. The predicted molar refractivity (Wildman–Crippen MR) is 179 cm³/mol. The summed E-state index contributed by atoms with van der Waals surface area (Å²) in [5.74, 6) is 7.34. The molecule has 0 bridgehead atoms. The molecule has 199 valence electrons. The van der Waals surface area contributed by atoms with Crippen LogP contribution < -0.4 is 21.2 Å². The van der Waals surface area contributed by atoms with Gasteiger partial charge in [-0.1, -0.05) is 107 Å². The average molecular weight is 755 g/mol. The van der Waals surface area contributed by atoms with E-state index in [1.54, 1.807) is 0 Å². The van der Waals surface area contributed by atoms with Crippen LogP contribution >= 0.6 is 36.7 Å². The van der Waals surface area contributed by atoms with Gasteiger partial charge < -0.3 is 0 Å². The van der Waals surface area contributed by atoms with Crippen LogP contribution in [0.15, 0.2) is 121 Å². The third-order valence-corrected chi connectivity index (χ3v) is 11.7. The summed E-state index contributed by atoms with van der Waals surface area (Å²) >= 11 is -1.78. The minimum Gasteiger partial charge on any atom is -0.0620 e. The van der Waals surface area contributed by atoms with Gasteiger partial charge >= 0.3 is 41.3 Å². The third kappa shape index (κ3) is 7.90. The van der Waals surface area contributed by atoms with Gasteiger partial charge in [0.05, 0.1) is 0 Å². The maximum absolute atomic E-state index is 4.44. The molecule has 0 atom stereocenters. The molecule has 0 N–H and O–H groups in total. The smallest absolute Gasteiger partial charge is 0.0620 e. The summed E-state index contributed by atoms with van der Waals surface area (Å²) in [4.78, 5) is 0. The molecule has 1 saturated carbocycles. The second-order valence-corrected chi connectivity index (χ2v) is 27.6. The first kappa shape index (κ1) is 32.2. The second-order valence-electron chi connectivity index (χ2n) is 9.34. The molecule has 4 aromatic carbocycles. The van der Waals surface area contributed by atoms with Crippen molar-refractivity contribution < 1.29 is 11.9 Å². The molecule has 4 aromatic rings. The quantitative estimate of drug-likeness (QED) is 0.191. The predicted octanol–water partition coefficient (Wildman–Crippen LogP) is 9.22. The first-order valence-electron chi connectivity index (χ1n) is 12.8. The standard InChI is InChI=1S/C24H20P.C10H15.3S.W/c1-5-13-21(14-6-1)25(22-15-7-2-8-16-22,23-17-9-3-10-18-23)24-19-11-4-12-20-24;1-6-7(2)9(4)10(5)8(6)3;;;;/h1-20H;1-5H3;;;;/q+1;;;;;. The molecule has 5 heteroatoms. The van der Waals surface area contributed by atoms with E-state index in [9.17, 15) is 0 Å². The van der Waals surface area contributed by atoms with Gasteiger partial charge in [-0.2, -0.15) is 0 Å². The van der Waals surface area contributed by atoms with Crippen LogP contribution in [0.4, 0.5) is 0 Å². The Morgan fingerprint density at radius 1 is 0.359 bits per heavy atom. The summed E-state index contributed by atoms with van der Waals surface area (Å²) in [5, 5.41) is 5.55. The molecule has 0 unspecified atom stereocenters. The molecule has 0 amide bonds. The zero-order chi connectivity index (χ0) is 28.4. The molecular weight excluding hydrogens is 719 g/mol. The summed E-state index contributed by atoms with van der Waals surface area (Å²) in [6.45, 7) is 11.0. The van der Waals surface area contributed by atoms with E-state index in [2.05, 4.69) is 185 Å². The van der Waals surface area contributed by atoms with E-state index in [4.69, 9.17) is 0 Å². The van der Waals surface area contributed by atoms with Gasteiger partial charge in [0.1, 0.15) is 28.5 Å². The van der Waals surface area contributed by atoms with E-state index in [-0.39, 0.29) is 0 Å². The molecule has 1 aliphatic carbocycles. The average Bonchev–Trinajstić information content (AvgIpc) is 3.13. The van der Waals surface area contributed by atoms with E-state index in [1.165, 1.54) is 50.8 Å². The van der Waals surface area contributed by atoms with Crippen LogP contribution in [0.5, 0.6) is 0 Å². The van der Waals surface area contributed by atoms with Crippen LogP contribution in [0, 0.1) is 29.6 Å². The second kappa shape index (κ2) is 15.6. The van der Waals surface area contributed by atoms with Gasteiger partial charge in [-0.15, -0.1) is 0 Å². The Morgan fingerprint density at radius 2 is 0.513 bits per heavy atom. The summed E-state index contributed by atoms with van der Waals surface area (Å²) in [6.07, 6.45) is 0. The van der Waals surface area contributed by atoms with Gasteiger partial charge in [0, 0.05) is 0 Å². The van der Waals surface area contributed by atoms with Crippen molar-refractivity contribution in [2.24, 2.45) is 0 Å². The Kier molecular flexibility index (Phi) is 12.9. The van der Waals surface area contributed by atoms with E-state index in [1.807, 2.05) is 0 Å². The van der Waals surface area contributed by atoms with E-state index < -0.39 is 19.1 Å². The topological polar surface area (TPSA) is 0 Å². The van der Waals surface area contributed by atoms with Crippen LogP contribution in [0.1, 0.15) is 34.6 Å². The molecule has 39 heavy (non-hydrogen) atoms. The van der Waals surface area contributed by atoms with Gasteiger partial charge in [0.15, 0.2) is 0 Å². The molecule has 5 radical (unpaired) electrons. The van der Waals surface area contributed by atoms with E-state index in [0.717, 1.165) is 0 Å². The van der Waals surface area contributed by atoms with Crippen molar-refractivity contribution in [2.75, 3.05) is 0 Å². The summed E-state index contributed by atoms with van der Waals surface area (Å²) < 4.78 is 0. The molecule has 0 heterocycles. The van der Waals surface area contributed by atoms with Crippen LogP contribution in [0.3, 0.4) is 0 Å². The van der Waals surface area contributed by atoms with Crippen molar-refractivity contribution in [3.63, 3.8) is 0 Å². The largest absolute Gasteiger partial charge is 0.144 e. The van der Waals surface area contributed by atoms with Gasteiger partial charge in [0.25, 0.3) is 0 Å². The van der Waals surface area contributed by atoms with Crippen LogP contribution in [0.2, 0.25) is 0 Å². The summed E-state index contributed by atoms with van der Waals surface area (Å²) in [6, 6.07) is 43.8. The van der Waals surface area contributed by atoms with Crippen molar-refractivity contribution in [1.82, 2.24) is 0 Å². The number of benzene rings is 4. The van der Waals surface area contributed by atoms with Crippen molar-refractivity contribution in [1.29, 1.82) is 0 Å². The van der Waals surface area contributed by atoms with Crippen molar-refractivity contribution in [3.05, 3.63) is 151 Å². The minimum atomic E-state index is -1.91. The number of hydrogen-bond acceptors (Lipinski definition) is 3. The Hall–Kier alpha value is -1.34. The normalized spacial score (nSPS) is 15.1. The Balaban J connectivity index is 0.000000249. The Morgan fingerprint density at radius 3 is 0.667 bits per heavy atom. The van der Waals surface area contributed by atoms with Crippen LogP contribution in [-0.2, 0) is 11.9 Å². The maximum atomic E-state index is 4.44. The number of rotatable bonds is 4. The molecule has 0 aromatic heterocycles. The molecule has 0 aliphatic heterocycles. The Labute approximate surface area is 253 Å². The fraction of sp³-hybridized carbons (Fsp3) is 0.147. The van der Waals surface area contributed by atoms with Gasteiger partial charge in [-0.25, -0.2) is 0 Å².